The van der Waals surface area contributed by atoms with Crippen LogP contribution < -0.4 is 0 Å². The van der Waals surface area contributed by atoms with Crippen molar-refractivity contribution in [2.24, 2.45) is 0 Å². The van der Waals surface area contributed by atoms with Gasteiger partial charge in [0.25, 0.3) is 0 Å². The molecule has 0 aliphatic rings. The van der Waals surface area contributed by atoms with E-state index in [1.165, 1.54) is 0 Å². The van der Waals surface area contributed by atoms with E-state index in [1.807, 2.05) is 13.8 Å². The minimum Gasteiger partial charge on any atom is -0.253 e. The van der Waals surface area contributed by atoms with Crippen molar-refractivity contribution in [3.63, 3.8) is 0 Å². The minimum atomic E-state index is -1.52. The van der Waals surface area contributed by atoms with Gasteiger partial charge in [-0.3, -0.25) is 4.98 Å². The molecule has 0 unspecified atom stereocenters. The first-order chi connectivity index (χ1) is 8.34. The molecule has 0 saturated heterocycles. The fourth-order valence-corrected chi connectivity index (χ4v) is 2.62. The normalized spacial score (nSPS) is 11.6. The summed E-state index contributed by atoms with van der Waals surface area (Å²) in [6.07, 6.45) is 0. The molecule has 0 fully saturated rings. The van der Waals surface area contributed by atoms with E-state index in [-0.39, 0.29) is 21.8 Å². The Morgan fingerprint density at radius 1 is 1.17 bits per heavy atom. The average molecular weight is 274 g/mol. The van der Waals surface area contributed by atoms with Gasteiger partial charge in [-0.05, 0) is 18.4 Å². The lowest BCUT2D eigenvalue weighted by molar-refractivity contribution is 0.453. The van der Waals surface area contributed by atoms with E-state index in [9.17, 15) is 13.2 Å². The number of nitrogens with zero attached hydrogens (tertiary/aromatic N) is 1. The quantitative estimate of drug-likeness (QED) is 0.684. The van der Waals surface area contributed by atoms with Gasteiger partial charge in [0.1, 0.15) is 0 Å². The zero-order valence-electron chi connectivity index (χ0n) is 10.1. The van der Waals surface area contributed by atoms with Gasteiger partial charge in [-0.25, -0.2) is 13.2 Å². The largest absolute Gasteiger partial charge is 0.253 e. The molecule has 0 saturated carbocycles. The molecule has 2 aromatic rings. The van der Waals surface area contributed by atoms with Gasteiger partial charge in [0.2, 0.25) is 0 Å². The first-order valence-corrected chi connectivity index (χ1v) is 5.85. The lowest BCUT2D eigenvalue weighted by Gasteiger charge is -2.14. The van der Waals surface area contributed by atoms with E-state index < -0.39 is 17.5 Å². The van der Waals surface area contributed by atoms with Crippen molar-refractivity contribution in [1.29, 1.82) is 0 Å². The highest BCUT2D eigenvalue weighted by atomic mass is 35.5. The van der Waals surface area contributed by atoms with Crippen LogP contribution in [0.5, 0.6) is 0 Å². The van der Waals surface area contributed by atoms with Gasteiger partial charge >= 0.3 is 0 Å². The molecule has 1 heterocycles. The standard InChI is InChI=1S/C13H11ClF3N/c1-5(2)9-6(3)18-8-4-7(15)12(16)13(17)10(8)11(9)14/h4-5H,1-3H3. The molecule has 1 aromatic heterocycles. The average Bonchev–Trinajstić information content (AvgIpc) is 2.24. The Kier molecular flexibility index (Phi) is 3.23. The molecule has 0 amide bonds. The smallest absolute Gasteiger partial charge is 0.195 e. The zero-order chi connectivity index (χ0) is 13.6. The number of hydrogen-bond acceptors (Lipinski definition) is 1. The third-order valence-electron chi connectivity index (χ3n) is 2.85. The molecule has 96 valence electrons. The lowest BCUT2D eigenvalue weighted by Crippen LogP contribution is -2.02. The number of fused-ring (bicyclic) bond motifs is 1. The molecular weight excluding hydrogens is 263 g/mol. The molecule has 0 aliphatic heterocycles. The summed E-state index contributed by atoms with van der Waals surface area (Å²) >= 11 is 6.10. The van der Waals surface area contributed by atoms with E-state index in [1.54, 1.807) is 6.92 Å². The van der Waals surface area contributed by atoms with Crippen molar-refractivity contribution in [2.45, 2.75) is 26.7 Å². The highest BCUT2D eigenvalue weighted by Crippen LogP contribution is 2.35. The Morgan fingerprint density at radius 3 is 2.33 bits per heavy atom. The molecule has 1 nitrogen and oxygen atoms in total. The summed E-state index contributed by atoms with van der Waals surface area (Å²) in [7, 11) is 0. The number of aryl methyl sites for hydroxylation is 1. The molecule has 0 aliphatic carbocycles. The van der Waals surface area contributed by atoms with Crippen molar-refractivity contribution in [3.05, 3.63) is 39.8 Å². The first-order valence-electron chi connectivity index (χ1n) is 5.47. The predicted octanol–water partition coefficient (Wildman–Crippen LogP) is 4.74. The van der Waals surface area contributed by atoms with Crippen LogP contribution in [-0.2, 0) is 0 Å². The molecule has 0 atom stereocenters. The molecule has 1 aromatic carbocycles. The van der Waals surface area contributed by atoms with E-state index in [4.69, 9.17) is 11.6 Å². The maximum absolute atomic E-state index is 13.8. The molecule has 0 bridgehead atoms. The van der Waals surface area contributed by atoms with Crippen molar-refractivity contribution in [2.75, 3.05) is 0 Å². The molecule has 5 heteroatoms. The van der Waals surface area contributed by atoms with Crippen molar-refractivity contribution in [3.8, 4) is 0 Å². The number of benzene rings is 1. The number of hydrogen-bond donors (Lipinski definition) is 0. The van der Waals surface area contributed by atoms with Crippen molar-refractivity contribution < 1.29 is 13.2 Å². The highest BCUT2D eigenvalue weighted by molar-refractivity contribution is 6.36. The maximum atomic E-state index is 13.8. The van der Waals surface area contributed by atoms with Gasteiger partial charge in [0.15, 0.2) is 17.5 Å². The van der Waals surface area contributed by atoms with Crippen LogP contribution in [-0.4, -0.2) is 4.98 Å². The molecule has 18 heavy (non-hydrogen) atoms. The van der Waals surface area contributed by atoms with Crippen molar-refractivity contribution in [1.82, 2.24) is 4.98 Å². The second-order valence-corrected chi connectivity index (χ2v) is 4.84. The monoisotopic (exact) mass is 273 g/mol. The van der Waals surface area contributed by atoms with Crippen LogP contribution in [0.25, 0.3) is 10.9 Å². The van der Waals surface area contributed by atoms with Gasteiger partial charge < -0.3 is 0 Å². The second kappa shape index (κ2) is 4.43. The Bertz CT molecular complexity index is 638. The van der Waals surface area contributed by atoms with E-state index in [0.29, 0.717) is 11.3 Å². The molecule has 0 radical (unpaired) electrons. The summed E-state index contributed by atoms with van der Waals surface area (Å²) in [4.78, 5) is 4.09. The van der Waals surface area contributed by atoms with Crippen LogP contribution in [0, 0.1) is 24.4 Å². The van der Waals surface area contributed by atoms with E-state index >= 15 is 0 Å². The SMILES string of the molecule is Cc1nc2cc(F)c(F)c(F)c2c(Cl)c1C(C)C. The molecule has 0 N–H and O–H groups in total. The third-order valence-corrected chi connectivity index (χ3v) is 3.25. The van der Waals surface area contributed by atoms with E-state index in [0.717, 1.165) is 6.07 Å². The summed E-state index contributed by atoms with van der Waals surface area (Å²) in [6.45, 7) is 5.46. The molecule has 0 spiro atoms. The Morgan fingerprint density at radius 2 is 1.78 bits per heavy atom. The number of aromatic nitrogens is 1. The van der Waals surface area contributed by atoms with Crippen molar-refractivity contribution >= 4 is 22.5 Å². The Labute approximate surface area is 108 Å². The van der Waals surface area contributed by atoms with Crippen LogP contribution >= 0.6 is 11.6 Å². The number of rotatable bonds is 1. The summed E-state index contributed by atoms with van der Waals surface area (Å²) in [5, 5.41) is -0.0613. The first kappa shape index (κ1) is 13.1. The van der Waals surface area contributed by atoms with Crippen LogP contribution in [0.3, 0.4) is 0 Å². The van der Waals surface area contributed by atoms with Gasteiger partial charge in [-0.1, -0.05) is 25.4 Å². The lowest BCUT2D eigenvalue weighted by atomic mass is 9.99. The number of halogens is 4. The predicted molar refractivity (Wildman–Crippen MR) is 65.5 cm³/mol. The number of pyridine rings is 1. The summed E-state index contributed by atoms with van der Waals surface area (Å²) < 4.78 is 40.1. The molecule has 2 rings (SSSR count). The summed E-state index contributed by atoms with van der Waals surface area (Å²) in [6, 6.07) is 0.858. The Hall–Kier alpha value is -1.29. The highest BCUT2D eigenvalue weighted by Gasteiger charge is 2.21. The summed E-state index contributed by atoms with van der Waals surface area (Å²) in [5.74, 6) is -4.06. The molecular formula is C13H11ClF3N. The second-order valence-electron chi connectivity index (χ2n) is 4.46. The summed E-state index contributed by atoms with van der Waals surface area (Å²) in [5.41, 5.74) is 1.26. The topological polar surface area (TPSA) is 12.9 Å². The van der Waals surface area contributed by atoms with Gasteiger partial charge in [-0.15, -0.1) is 0 Å². The van der Waals surface area contributed by atoms with Gasteiger partial charge in [0, 0.05) is 11.8 Å². The van der Waals surface area contributed by atoms with Crippen LogP contribution in [0.15, 0.2) is 6.07 Å². The van der Waals surface area contributed by atoms with Crippen LogP contribution in [0.1, 0.15) is 31.0 Å². The Balaban J connectivity index is 2.97. The van der Waals surface area contributed by atoms with E-state index in [2.05, 4.69) is 4.98 Å². The fraction of sp³-hybridized carbons (Fsp3) is 0.308. The maximum Gasteiger partial charge on any atom is 0.195 e. The van der Waals surface area contributed by atoms with Gasteiger partial charge in [0.05, 0.1) is 15.9 Å². The zero-order valence-corrected chi connectivity index (χ0v) is 10.9. The fourth-order valence-electron chi connectivity index (χ4n) is 2.09. The van der Waals surface area contributed by atoms with Gasteiger partial charge in [-0.2, -0.15) is 0 Å². The van der Waals surface area contributed by atoms with Crippen LogP contribution in [0.4, 0.5) is 13.2 Å². The minimum absolute atomic E-state index is 0.0157. The third kappa shape index (κ3) is 1.85. The van der Waals surface area contributed by atoms with Crippen LogP contribution in [0.2, 0.25) is 5.02 Å².